The van der Waals surface area contributed by atoms with Crippen molar-refractivity contribution in [1.82, 2.24) is 10.2 Å². The second-order valence-electron chi connectivity index (χ2n) is 6.34. The number of rotatable bonds is 6. The topological polar surface area (TPSA) is 74.8 Å². The molecule has 1 aliphatic rings. The maximum Gasteiger partial charge on any atom is 0.267 e. The lowest BCUT2D eigenvalue weighted by atomic mass is 9.90. The summed E-state index contributed by atoms with van der Waals surface area (Å²) >= 11 is 3.37. The molecule has 1 aliphatic carbocycles. The van der Waals surface area contributed by atoms with Crippen molar-refractivity contribution < 1.29 is 4.79 Å². The van der Waals surface area contributed by atoms with Crippen LogP contribution in [-0.4, -0.2) is 21.4 Å². The summed E-state index contributed by atoms with van der Waals surface area (Å²) in [5, 5.41) is 10.8. The number of carbonyl (C=O) groups is 1. The number of alkyl halides is 1. The highest BCUT2D eigenvalue weighted by Gasteiger charge is 2.19. The summed E-state index contributed by atoms with van der Waals surface area (Å²) in [6, 6.07) is 7.68. The predicted molar refractivity (Wildman–Crippen MR) is 103 cm³/mol. The van der Waals surface area contributed by atoms with E-state index in [-0.39, 0.29) is 11.5 Å². The minimum Gasteiger partial charge on any atom is -0.326 e. The molecule has 0 saturated heterocycles. The normalized spacial score (nSPS) is 13.3. The summed E-state index contributed by atoms with van der Waals surface area (Å²) in [7, 11) is 0. The molecule has 1 aromatic heterocycles. The third-order valence-electron chi connectivity index (χ3n) is 4.50. The molecule has 0 atom stereocenters. The van der Waals surface area contributed by atoms with Crippen LogP contribution < -0.4 is 10.9 Å². The molecule has 1 heterocycles. The average Bonchev–Trinajstić information content (AvgIpc) is 2.63. The number of H-pyrrole nitrogens is 1. The van der Waals surface area contributed by atoms with E-state index in [0.29, 0.717) is 6.42 Å². The molecular formula is C19H22BrN3O2. The molecule has 0 saturated carbocycles. The van der Waals surface area contributed by atoms with Crippen LogP contribution in [0.5, 0.6) is 0 Å². The van der Waals surface area contributed by atoms with Crippen molar-refractivity contribution in [3.05, 3.63) is 45.7 Å². The van der Waals surface area contributed by atoms with E-state index in [0.717, 1.165) is 71.9 Å². The van der Waals surface area contributed by atoms with Crippen LogP contribution >= 0.6 is 15.9 Å². The zero-order valence-electron chi connectivity index (χ0n) is 14.1. The largest absolute Gasteiger partial charge is 0.326 e. The molecule has 1 aromatic carbocycles. The van der Waals surface area contributed by atoms with E-state index in [4.69, 9.17) is 0 Å². The second kappa shape index (κ2) is 8.43. The van der Waals surface area contributed by atoms with Crippen LogP contribution in [0.25, 0.3) is 11.3 Å². The summed E-state index contributed by atoms with van der Waals surface area (Å²) in [6.07, 6.45) is 6.18. The number of benzene rings is 1. The van der Waals surface area contributed by atoms with Crippen molar-refractivity contribution in [2.45, 2.75) is 44.9 Å². The summed E-state index contributed by atoms with van der Waals surface area (Å²) in [5.41, 5.74) is 4.35. The number of amides is 1. The van der Waals surface area contributed by atoms with E-state index in [2.05, 4.69) is 31.4 Å². The maximum absolute atomic E-state index is 12.0. The van der Waals surface area contributed by atoms with Crippen molar-refractivity contribution in [2.24, 2.45) is 0 Å². The lowest BCUT2D eigenvalue weighted by molar-refractivity contribution is -0.116. The Bertz CT molecular complexity index is 817. The Hall–Kier alpha value is -1.95. The number of unbranched alkanes of at least 4 members (excludes halogenated alkanes) is 1. The maximum atomic E-state index is 12.0. The Kier molecular flexibility index (Phi) is 6.02. The number of nitrogens with zero attached hydrogens (tertiary/aromatic N) is 1. The number of halogens is 1. The van der Waals surface area contributed by atoms with Crippen LogP contribution in [0.15, 0.2) is 29.1 Å². The Morgan fingerprint density at radius 2 is 2.00 bits per heavy atom. The van der Waals surface area contributed by atoms with Gasteiger partial charge < -0.3 is 5.32 Å². The van der Waals surface area contributed by atoms with Crippen LogP contribution in [-0.2, 0) is 17.6 Å². The smallest absolute Gasteiger partial charge is 0.267 e. The van der Waals surface area contributed by atoms with E-state index < -0.39 is 0 Å². The summed E-state index contributed by atoms with van der Waals surface area (Å²) in [4.78, 5) is 24.0. The van der Waals surface area contributed by atoms with Crippen molar-refractivity contribution in [2.75, 3.05) is 10.6 Å². The molecular weight excluding hydrogens is 382 g/mol. The Balaban J connectivity index is 1.83. The minimum absolute atomic E-state index is 0.0227. The summed E-state index contributed by atoms with van der Waals surface area (Å²) in [6.45, 7) is 0. The van der Waals surface area contributed by atoms with Crippen molar-refractivity contribution in [3.8, 4) is 11.3 Å². The van der Waals surface area contributed by atoms with Crippen molar-refractivity contribution in [1.29, 1.82) is 0 Å². The van der Waals surface area contributed by atoms with Crippen LogP contribution in [0.1, 0.15) is 43.2 Å². The van der Waals surface area contributed by atoms with Gasteiger partial charge in [0.2, 0.25) is 5.91 Å². The van der Waals surface area contributed by atoms with E-state index in [1.165, 1.54) is 0 Å². The molecule has 0 unspecified atom stereocenters. The Morgan fingerprint density at radius 1 is 1.20 bits per heavy atom. The molecule has 0 fully saturated rings. The van der Waals surface area contributed by atoms with Crippen LogP contribution in [0.3, 0.4) is 0 Å². The third-order valence-corrected chi connectivity index (χ3v) is 5.06. The Morgan fingerprint density at radius 3 is 2.80 bits per heavy atom. The molecule has 0 spiro atoms. The summed E-state index contributed by atoms with van der Waals surface area (Å²) < 4.78 is 0. The fraction of sp³-hybridized carbons (Fsp3) is 0.421. The lowest BCUT2D eigenvalue weighted by Gasteiger charge is -2.17. The van der Waals surface area contributed by atoms with E-state index >= 15 is 0 Å². The third kappa shape index (κ3) is 4.37. The van der Waals surface area contributed by atoms with Crippen LogP contribution in [0, 0.1) is 0 Å². The van der Waals surface area contributed by atoms with Crippen molar-refractivity contribution in [3.63, 3.8) is 0 Å². The van der Waals surface area contributed by atoms with E-state index in [9.17, 15) is 9.59 Å². The molecule has 5 nitrogen and oxygen atoms in total. The fourth-order valence-corrected chi connectivity index (χ4v) is 3.64. The number of hydrogen-bond donors (Lipinski definition) is 2. The molecule has 6 heteroatoms. The molecule has 3 rings (SSSR count). The van der Waals surface area contributed by atoms with Gasteiger partial charge in [-0.3, -0.25) is 9.59 Å². The molecule has 0 aliphatic heterocycles. The quantitative estimate of drug-likeness (QED) is 0.568. The fourth-order valence-electron chi connectivity index (χ4n) is 3.25. The highest BCUT2D eigenvalue weighted by Crippen LogP contribution is 2.29. The van der Waals surface area contributed by atoms with Gasteiger partial charge in [-0.25, -0.2) is 5.10 Å². The van der Waals surface area contributed by atoms with Gasteiger partial charge in [-0.1, -0.05) is 28.1 Å². The molecule has 132 valence electrons. The standard InChI is InChI=1S/C19H22BrN3O2/c20-11-4-3-10-17(24)21-14-7-5-6-13(12-14)18-15-8-1-2-9-16(15)19(25)23-22-18/h5-7,12H,1-4,8-11H2,(H,21,24)(H,23,25). The first-order valence-corrected chi connectivity index (χ1v) is 9.88. The first-order valence-electron chi connectivity index (χ1n) is 8.75. The Labute approximate surface area is 155 Å². The number of aromatic nitrogens is 2. The highest BCUT2D eigenvalue weighted by atomic mass is 79.9. The number of fused-ring (bicyclic) bond motifs is 1. The number of nitrogens with one attached hydrogen (secondary N) is 2. The van der Waals surface area contributed by atoms with Gasteiger partial charge in [0.15, 0.2) is 0 Å². The average molecular weight is 404 g/mol. The molecule has 25 heavy (non-hydrogen) atoms. The van der Waals surface area contributed by atoms with Crippen molar-refractivity contribution >= 4 is 27.5 Å². The molecule has 2 aromatic rings. The van der Waals surface area contributed by atoms with Gasteiger partial charge in [-0.05, 0) is 56.2 Å². The van der Waals surface area contributed by atoms with Gasteiger partial charge in [0.25, 0.3) is 5.56 Å². The lowest BCUT2D eigenvalue weighted by Crippen LogP contribution is -2.21. The first kappa shape index (κ1) is 17.9. The van der Waals surface area contributed by atoms with Gasteiger partial charge in [0.1, 0.15) is 0 Å². The molecule has 0 bridgehead atoms. The minimum atomic E-state index is -0.0744. The monoisotopic (exact) mass is 403 g/mol. The first-order chi connectivity index (χ1) is 12.2. The van der Waals surface area contributed by atoms with Gasteiger partial charge in [-0.15, -0.1) is 0 Å². The van der Waals surface area contributed by atoms with E-state index in [1.807, 2.05) is 24.3 Å². The number of aromatic amines is 1. The number of anilines is 1. The zero-order valence-corrected chi connectivity index (χ0v) is 15.7. The van der Waals surface area contributed by atoms with Gasteiger partial charge >= 0.3 is 0 Å². The summed E-state index contributed by atoms with van der Waals surface area (Å²) in [5.74, 6) is 0.0227. The zero-order chi connectivity index (χ0) is 17.6. The van der Waals surface area contributed by atoms with Gasteiger partial charge in [0, 0.05) is 28.6 Å². The van der Waals surface area contributed by atoms with E-state index in [1.54, 1.807) is 0 Å². The highest BCUT2D eigenvalue weighted by molar-refractivity contribution is 9.09. The molecule has 2 N–H and O–H groups in total. The number of hydrogen-bond acceptors (Lipinski definition) is 3. The van der Waals surface area contributed by atoms with Gasteiger partial charge in [0.05, 0.1) is 5.69 Å². The predicted octanol–water partition coefficient (Wildman–Crippen LogP) is 3.82. The second-order valence-corrected chi connectivity index (χ2v) is 7.13. The molecule has 1 amide bonds. The van der Waals surface area contributed by atoms with Crippen LogP contribution in [0.4, 0.5) is 5.69 Å². The van der Waals surface area contributed by atoms with Gasteiger partial charge in [-0.2, -0.15) is 5.10 Å². The molecule has 0 radical (unpaired) electrons. The van der Waals surface area contributed by atoms with Crippen LogP contribution in [0.2, 0.25) is 0 Å². The number of carbonyl (C=O) groups excluding carboxylic acids is 1. The SMILES string of the molecule is O=C(CCCCBr)Nc1cccc(-c2n[nH]c(=O)c3c2CCCC3)c1.